The quantitative estimate of drug-likeness (QED) is 0.495. The lowest BCUT2D eigenvalue weighted by atomic mass is 9.85. The summed E-state index contributed by atoms with van der Waals surface area (Å²) in [4.78, 5) is 22.6. The lowest BCUT2D eigenvalue weighted by Gasteiger charge is -2.18. The van der Waals surface area contributed by atoms with Crippen LogP contribution in [0.3, 0.4) is 0 Å². The number of carbonyl (C=O) groups is 2. The minimum atomic E-state index is -0.407. The van der Waals surface area contributed by atoms with E-state index in [-0.39, 0.29) is 24.0 Å². The van der Waals surface area contributed by atoms with Gasteiger partial charge in [0.1, 0.15) is 0 Å². The van der Waals surface area contributed by atoms with E-state index in [4.69, 9.17) is 28.4 Å². The molecular formula is C24H26O8. The molecule has 32 heavy (non-hydrogen) atoms. The van der Waals surface area contributed by atoms with Gasteiger partial charge in [0.2, 0.25) is 0 Å². The molecule has 8 heteroatoms. The molecule has 4 atom stereocenters. The minimum absolute atomic E-state index is 0.156. The molecule has 2 aromatic carbocycles. The SMILES string of the molecule is COc1cc([C@H]2OC[C@H]3[C@H]2CO[C@H]3c2ccc(OC(C)=O)c(OC)c2)ccc1OC(C)=O. The van der Waals surface area contributed by atoms with Crippen molar-refractivity contribution in [2.24, 2.45) is 11.8 Å². The third-order valence-electron chi connectivity index (χ3n) is 5.80. The number of ether oxygens (including phenoxy) is 6. The maximum absolute atomic E-state index is 11.3. The van der Waals surface area contributed by atoms with Crippen molar-refractivity contribution in [3.05, 3.63) is 47.5 Å². The Kier molecular flexibility index (Phi) is 6.34. The molecule has 2 aliphatic rings. The van der Waals surface area contributed by atoms with E-state index in [2.05, 4.69) is 0 Å². The van der Waals surface area contributed by atoms with Crippen molar-refractivity contribution in [3.8, 4) is 23.0 Å². The molecule has 2 aliphatic heterocycles. The average Bonchev–Trinajstić information content (AvgIpc) is 3.36. The van der Waals surface area contributed by atoms with E-state index in [1.54, 1.807) is 12.1 Å². The fraction of sp³-hybridized carbons (Fsp3) is 0.417. The molecule has 2 aromatic rings. The van der Waals surface area contributed by atoms with Crippen molar-refractivity contribution >= 4 is 11.9 Å². The number of esters is 2. The molecule has 0 N–H and O–H groups in total. The second kappa shape index (κ2) is 9.18. The van der Waals surface area contributed by atoms with Crippen LogP contribution in [0.15, 0.2) is 36.4 Å². The van der Waals surface area contributed by atoms with E-state index in [1.807, 2.05) is 24.3 Å². The molecule has 8 nitrogen and oxygen atoms in total. The van der Waals surface area contributed by atoms with Crippen molar-refractivity contribution in [2.45, 2.75) is 26.1 Å². The van der Waals surface area contributed by atoms with Crippen LogP contribution in [0.4, 0.5) is 0 Å². The van der Waals surface area contributed by atoms with Crippen molar-refractivity contribution in [1.29, 1.82) is 0 Å². The summed E-state index contributed by atoms with van der Waals surface area (Å²) in [6, 6.07) is 10.9. The normalized spacial score (nSPS) is 24.0. The van der Waals surface area contributed by atoms with E-state index in [9.17, 15) is 9.59 Å². The molecule has 2 heterocycles. The second-order valence-electron chi connectivity index (χ2n) is 7.84. The molecule has 0 saturated carbocycles. The van der Waals surface area contributed by atoms with Gasteiger partial charge in [0.15, 0.2) is 23.0 Å². The van der Waals surface area contributed by atoms with E-state index in [0.717, 1.165) is 11.1 Å². The molecule has 0 aromatic heterocycles. The van der Waals surface area contributed by atoms with Crippen LogP contribution < -0.4 is 18.9 Å². The first kappa shape index (κ1) is 22.1. The van der Waals surface area contributed by atoms with Crippen molar-refractivity contribution in [3.63, 3.8) is 0 Å². The Bertz CT molecular complexity index is 936. The van der Waals surface area contributed by atoms with Gasteiger partial charge in [-0.25, -0.2) is 0 Å². The predicted molar refractivity (Wildman–Crippen MR) is 113 cm³/mol. The van der Waals surface area contributed by atoms with Gasteiger partial charge in [-0.15, -0.1) is 0 Å². The van der Waals surface area contributed by atoms with Gasteiger partial charge in [-0.05, 0) is 35.4 Å². The topological polar surface area (TPSA) is 89.5 Å². The number of methoxy groups -OCH3 is 2. The molecule has 0 aliphatic carbocycles. The number of benzene rings is 2. The van der Waals surface area contributed by atoms with E-state index in [1.165, 1.54) is 28.1 Å². The summed E-state index contributed by atoms with van der Waals surface area (Å²) in [6.07, 6.45) is -0.319. The highest BCUT2D eigenvalue weighted by Gasteiger charge is 2.48. The first-order valence-electron chi connectivity index (χ1n) is 10.4. The first-order valence-corrected chi connectivity index (χ1v) is 10.4. The third kappa shape index (κ3) is 4.28. The van der Waals surface area contributed by atoms with Crippen molar-refractivity contribution in [1.82, 2.24) is 0 Å². The minimum Gasteiger partial charge on any atom is -0.493 e. The average molecular weight is 442 g/mol. The van der Waals surface area contributed by atoms with Crippen LogP contribution in [0.5, 0.6) is 23.0 Å². The van der Waals surface area contributed by atoms with Gasteiger partial charge in [0.25, 0.3) is 0 Å². The molecule has 170 valence electrons. The second-order valence-corrected chi connectivity index (χ2v) is 7.84. The summed E-state index contributed by atoms with van der Waals surface area (Å²) in [5.41, 5.74) is 1.88. The molecule has 2 saturated heterocycles. The van der Waals surface area contributed by atoms with Crippen LogP contribution in [0.2, 0.25) is 0 Å². The van der Waals surface area contributed by atoms with Gasteiger partial charge in [0, 0.05) is 25.7 Å². The standard InChI is InChI=1S/C24H26O8/c1-13(25)31-19-7-5-15(9-21(19)27-3)23-17-11-30-24(18(17)12-29-23)16-6-8-20(32-14(2)26)22(10-16)28-4/h5-10,17-18,23-24H,11-12H2,1-4H3/t17-,18+,23-,24+. The number of carbonyl (C=O) groups excluding carboxylic acids is 2. The molecule has 0 unspecified atom stereocenters. The fourth-order valence-electron chi connectivity index (χ4n) is 4.44. The Morgan fingerprint density at radius 3 is 1.47 bits per heavy atom. The number of rotatable bonds is 6. The zero-order chi connectivity index (χ0) is 22.8. The Hall–Kier alpha value is -3.10. The van der Waals surface area contributed by atoms with Crippen molar-refractivity contribution in [2.75, 3.05) is 27.4 Å². The Balaban J connectivity index is 1.54. The molecule has 0 radical (unpaired) electrons. The van der Waals surface area contributed by atoms with Crippen LogP contribution in [-0.4, -0.2) is 39.4 Å². The van der Waals surface area contributed by atoms with Crippen molar-refractivity contribution < 1.29 is 38.0 Å². The maximum atomic E-state index is 11.3. The van der Waals surface area contributed by atoms with Gasteiger partial charge in [-0.3, -0.25) is 9.59 Å². The monoisotopic (exact) mass is 442 g/mol. The Morgan fingerprint density at radius 1 is 0.719 bits per heavy atom. The molecule has 2 fully saturated rings. The molecule has 0 spiro atoms. The predicted octanol–water partition coefficient (Wildman–Crippen LogP) is 3.63. The molecule has 0 amide bonds. The Morgan fingerprint density at radius 2 is 1.12 bits per heavy atom. The zero-order valence-corrected chi connectivity index (χ0v) is 18.5. The maximum Gasteiger partial charge on any atom is 0.308 e. The van der Waals surface area contributed by atoms with Crippen LogP contribution in [0.1, 0.15) is 37.2 Å². The molecule has 0 bridgehead atoms. The smallest absolute Gasteiger partial charge is 0.308 e. The summed E-state index contributed by atoms with van der Waals surface area (Å²) in [5, 5.41) is 0. The summed E-state index contributed by atoms with van der Waals surface area (Å²) in [5.74, 6) is 1.20. The number of hydrogen-bond donors (Lipinski definition) is 0. The summed E-state index contributed by atoms with van der Waals surface area (Å²) in [7, 11) is 3.07. The van der Waals surface area contributed by atoms with Crippen LogP contribution in [0.25, 0.3) is 0 Å². The lowest BCUT2D eigenvalue weighted by molar-refractivity contribution is -0.132. The Labute approximate surface area is 186 Å². The zero-order valence-electron chi connectivity index (χ0n) is 18.5. The number of fused-ring (bicyclic) bond motifs is 1. The lowest BCUT2D eigenvalue weighted by Crippen LogP contribution is -2.15. The summed E-state index contributed by atoms with van der Waals surface area (Å²) < 4.78 is 33.5. The summed E-state index contributed by atoms with van der Waals surface area (Å²) >= 11 is 0. The third-order valence-corrected chi connectivity index (χ3v) is 5.80. The van der Waals surface area contributed by atoms with Crippen LogP contribution in [-0.2, 0) is 19.1 Å². The molecule has 4 rings (SSSR count). The van der Waals surface area contributed by atoms with Gasteiger partial charge >= 0.3 is 11.9 Å². The van der Waals surface area contributed by atoms with E-state index in [0.29, 0.717) is 36.2 Å². The highest BCUT2D eigenvalue weighted by Crippen LogP contribution is 2.51. The van der Waals surface area contributed by atoms with Crippen LogP contribution >= 0.6 is 0 Å². The van der Waals surface area contributed by atoms with Gasteiger partial charge in [0.05, 0.1) is 39.6 Å². The fourth-order valence-corrected chi connectivity index (χ4v) is 4.44. The van der Waals surface area contributed by atoms with Gasteiger partial charge in [-0.1, -0.05) is 12.1 Å². The highest BCUT2D eigenvalue weighted by atomic mass is 16.6. The van der Waals surface area contributed by atoms with Gasteiger partial charge < -0.3 is 28.4 Å². The van der Waals surface area contributed by atoms with Crippen LogP contribution in [0, 0.1) is 11.8 Å². The van der Waals surface area contributed by atoms with Gasteiger partial charge in [-0.2, -0.15) is 0 Å². The van der Waals surface area contributed by atoms with E-state index < -0.39 is 11.9 Å². The number of hydrogen-bond acceptors (Lipinski definition) is 8. The first-order chi connectivity index (χ1) is 15.4. The highest BCUT2D eigenvalue weighted by molar-refractivity contribution is 5.71. The summed E-state index contributed by atoms with van der Waals surface area (Å²) in [6.45, 7) is 3.79. The largest absolute Gasteiger partial charge is 0.493 e. The van der Waals surface area contributed by atoms with E-state index >= 15 is 0 Å². The molecular weight excluding hydrogens is 416 g/mol.